The molecule has 1 amide bonds. The van der Waals surface area contributed by atoms with Gasteiger partial charge in [0, 0.05) is 19.6 Å². The Labute approximate surface area is 121 Å². The summed E-state index contributed by atoms with van der Waals surface area (Å²) in [6.07, 6.45) is 2.22. The lowest BCUT2D eigenvalue weighted by Crippen LogP contribution is -2.36. The van der Waals surface area contributed by atoms with Crippen LogP contribution in [0.4, 0.5) is 4.39 Å². The second-order valence-corrected chi connectivity index (χ2v) is 5.86. The summed E-state index contributed by atoms with van der Waals surface area (Å²) in [4.78, 5) is 15.9. The van der Waals surface area contributed by atoms with Gasteiger partial charge in [0.25, 0.3) is 0 Å². The van der Waals surface area contributed by atoms with Crippen molar-refractivity contribution in [3.05, 3.63) is 34.1 Å². The Hall–Kier alpha value is -0.940. The maximum atomic E-state index is 13.1. The average molecular weight is 329 g/mol. The number of hydrogen-bond acceptors (Lipinski definition) is 2. The number of carbonyl (C=O) groups excluding carboxylic acids is 1. The average Bonchev–Trinajstić information content (AvgIpc) is 2.87. The van der Waals surface area contributed by atoms with E-state index in [0.717, 1.165) is 31.5 Å². The Morgan fingerprint density at radius 3 is 2.74 bits per heavy atom. The fourth-order valence-electron chi connectivity index (χ4n) is 2.30. The number of amides is 1. The van der Waals surface area contributed by atoms with Gasteiger partial charge in [-0.2, -0.15) is 0 Å². The van der Waals surface area contributed by atoms with Gasteiger partial charge >= 0.3 is 0 Å². The van der Waals surface area contributed by atoms with Gasteiger partial charge in [-0.3, -0.25) is 9.69 Å². The summed E-state index contributed by atoms with van der Waals surface area (Å²) in [7, 11) is 1.91. The molecule has 0 saturated carbocycles. The Bertz CT molecular complexity index is 461. The molecule has 3 nitrogen and oxygen atoms in total. The summed E-state index contributed by atoms with van der Waals surface area (Å²) < 4.78 is 13.6. The Morgan fingerprint density at radius 1 is 1.42 bits per heavy atom. The van der Waals surface area contributed by atoms with E-state index in [1.165, 1.54) is 6.07 Å². The van der Waals surface area contributed by atoms with E-state index in [4.69, 9.17) is 0 Å². The summed E-state index contributed by atoms with van der Waals surface area (Å²) in [6.45, 7) is 2.82. The third-order valence-corrected chi connectivity index (χ3v) is 3.91. The van der Waals surface area contributed by atoms with Gasteiger partial charge in [-0.1, -0.05) is 6.07 Å². The summed E-state index contributed by atoms with van der Waals surface area (Å²) in [5, 5.41) is 0. The summed E-state index contributed by atoms with van der Waals surface area (Å²) in [5.74, 6) is -0.0827. The SMILES string of the molecule is CN(CC(=O)N1CCCC1)Cc1ccc(F)c(Br)c1. The summed E-state index contributed by atoms with van der Waals surface area (Å²) in [6, 6.07) is 4.94. The van der Waals surface area contributed by atoms with E-state index in [9.17, 15) is 9.18 Å². The van der Waals surface area contributed by atoms with Gasteiger partial charge in [0.2, 0.25) is 5.91 Å². The molecule has 1 aliphatic heterocycles. The first-order chi connectivity index (χ1) is 9.06. The Kier molecular flexibility index (Phi) is 4.93. The minimum absolute atomic E-state index is 0.182. The van der Waals surface area contributed by atoms with E-state index in [2.05, 4.69) is 15.9 Å². The molecule has 0 unspecified atom stereocenters. The standard InChI is InChI=1S/C14H18BrFN2O/c1-17(10-14(19)18-6-2-3-7-18)9-11-4-5-13(16)12(15)8-11/h4-5,8H,2-3,6-7,9-10H2,1H3. The second-order valence-electron chi connectivity index (χ2n) is 5.01. The Balaban J connectivity index is 1.87. The molecule has 0 spiro atoms. The maximum absolute atomic E-state index is 13.1. The van der Waals surface area contributed by atoms with Crippen molar-refractivity contribution in [1.29, 1.82) is 0 Å². The highest BCUT2D eigenvalue weighted by atomic mass is 79.9. The molecule has 1 heterocycles. The second kappa shape index (κ2) is 6.48. The van der Waals surface area contributed by atoms with Gasteiger partial charge < -0.3 is 4.90 Å². The molecule has 19 heavy (non-hydrogen) atoms. The van der Waals surface area contributed by atoms with E-state index in [0.29, 0.717) is 17.6 Å². The van der Waals surface area contributed by atoms with Crippen LogP contribution in [0, 0.1) is 5.82 Å². The lowest BCUT2D eigenvalue weighted by atomic mass is 10.2. The van der Waals surface area contributed by atoms with E-state index in [-0.39, 0.29) is 11.7 Å². The first kappa shape index (κ1) is 14.5. The topological polar surface area (TPSA) is 23.6 Å². The molecule has 0 aromatic heterocycles. The van der Waals surface area contributed by atoms with Crippen molar-refractivity contribution in [2.45, 2.75) is 19.4 Å². The molecule has 1 saturated heterocycles. The van der Waals surface area contributed by atoms with E-state index < -0.39 is 0 Å². The molecule has 0 N–H and O–H groups in total. The lowest BCUT2D eigenvalue weighted by molar-refractivity contribution is -0.131. The fraction of sp³-hybridized carbons (Fsp3) is 0.500. The predicted molar refractivity (Wildman–Crippen MR) is 76.2 cm³/mol. The third kappa shape index (κ3) is 4.01. The fourth-order valence-corrected chi connectivity index (χ4v) is 2.73. The molecule has 1 aliphatic rings. The van der Waals surface area contributed by atoms with Gasteiger partial charge in [0.05, 0.1) is 11.0 Å². The highest BCUT2D eigenvalue weighted by Gasteiger charge is 2.19. The maximum Gasteiger partial charge on any atom is 0.236 e. The van der Waals surface area contributed by atoms with Crippen LogP contribution in [0.1, 0.15) is 18.4 Å². The zero-order valence-corrected chi connectivity index (χ0v) is 12.6. The third-order valence-electron chi connectivity index (χ3n) is 3.30. The summed E-state index contributed by atoms with van der Waals surface area (Å²) in [5.41, 5.74) is 0.991. The van der Waals surface area contributed by atoms with Gasteiger partial charge in [-0.05, 0) is 53.5 Å². The quantitative estimate of drug-likeness (QED) is 0.848. The van der Waals surface area contributed by atoms with Gasteiger partial charge in [-0.15, -0.1) is 0 Å². The molecule has 0 atom stereocenters. The molecule has 5 heteroatoms. The van der Waals surface area contributed by atoms with Crippen molar-refractivity contribution in [1.82, 2.24) is 9.80 Å². The number of benzene rings is 1. The van der Waals surface area contributed by atoms with Crippen LogP contribution in [0.3, 0.4) is 0 Å². The minimum atomic E-state index is -0.264. The molecular weight excluding hydrogens is 311 g/mol. The van der Waals surface area contributed by atoms with E-state index in [1.807, 2.05) is 16.8 Å². The van der Waals surface area contributed by atoms with Crippen LogP contribution in [0.15, 0.2) is 22.7 Å². The molecule has 1 fully saturated rings. The largest absolute Gasteiger partial charge is 0.342 e. The number of carbonyl (C=O) groups is 1. The van der Waals surface area contributed by atoms with Crippen molar-refractivity contribution in [2.75, 3.05) is 26.7 Å². The molecule has 2 rings (SSSR count). The number of rotatable bonds is 4. The van der Waals surface area contributed by atoms with Crippen LogP contribution in [0.5, 0.6) is 0 Å². The zero-order chi connectivity index (χ0) is 13.8. The highest BCUT2D eigenvalue weighted by Crippen LogP contribution is 2.17. The highest BCUT2D eigenvalue weighted by molar-refractivity contribution is 9.10. The monoisotopic (exact) mass is 328 g/mol. The number of hydrogen-bond donors (Lipinski definition) is 0. The molecule has 104 valence electrons. The number of nitrogens with zero attached hydrogens (tertiary/aromatic N) is 2. The smallest absolute Gasteiger partial charge is 0.236 e. The normalized spacial score (nSPS) is 15.3. The van der Waals surface area contributed by atoms with Crippen LogP contribution in [0.25, 0.3) is 0 Å². The van der Waals surface area contributed by atoms with Crippen molar-refractivity contribution in [2.24, 2.45) is 0 Å². The first-order valence-electron chi connectivity index (χ1n) is 6.46. The first-order valence-corrected chi connectivity index (χ1v) is 7.26. The van der Waals surface area contributed by atoms with Gasteiger partial charge in [0.1, 0.15) is 5.82 Å². The molecule has 1 aromatic rings. The predicted octanol–water partition coefficient (Wildman–Crippen LogP) is 2.64. The van der Waals surface area contributed by atoms with E-state index in [1.54, 1.807) is 12.1 Å². The molecule has 0 radical (unpaired) electrons. The van der Waals surface area contributed by atoms with Crippen molar-refractivity contribution < 1.29 is 9.18 Å². The van der Waals surface area contributed by atoms with Crippen molar-refractivity contribution in [3.63, 3.8) is 0 Å². The van der Waals surface area contributed by atoms with Crippen LogP contribution in [-0.2, 0) is 11.3 Å². The number of likely N-dealkylation sites (tertiary alicyclic amines) is 1. The molecule has 0 bridgehead atoms. The lowest BCUT2D eigenvalue weighted by Gasteiger charge is -2.21. The summed E-state index contributed by atoms with van der Waals surface area (Å²) >= 11 is 3.17. The van der Waals surface area contributed by atoms with Crippen LogP contribution < -0.4 is 0 Å². The van der Waals surface area contributed by atoms with Gasteiger partial charge in [-0.25, -0.2) is 4.39 Å². The van der Waals surface area contributed by atoms with Crippen molar-refractivity contribution >= 4 is 21.8 Å². The van der Waals surface area contributed by atoms with Crippen LogP contribution >= 0.6 is 15.9 Å². The number of likely N-dealkylation sites (N-methyl/N-ethyl adjacent to an activating group) is 1. The zero-order valence-electron chi connectivity index (χ0n) is 11.0. The van der Waals surface area contributed by atoms with Crippen LogP contribution in [0.2, 0.25) is 0 Å². The van der Waals surface area contributed by atoms with Crippen LogP contribution in [-0.4, -0.2) is 42.4 Å². The van der Waals surface area contributed by atoms with Crippen molar-refractivity contribution in [3.8, 4) is 0 Å². The molecule has 0 aliphatic carbocycles. The minimum Gasteiger partial charge on any atom is -0.342 e. The Morgan fingerprint density at radius 2 is 2.11 bits per heavy atom. The van der Waals surface area contributed by atoms with E-state index >= 15 is 0 Å². The molecule has 1 aromatic carbocycles. The molecular formula is C14H18BrFN2O. The number of halogens is 2. The van der Waals surface area contributed by atoms with Gasteiger partial charge in [0.15, 0.2) is 0 Å².